The van der Waals surface area contributed by atoms with Gasteiger partial charge >= 0.3 is 6.09 Å². The Hall–Kier alpha value is -2.94. The first-order valence-corrected chi connectivity index (χ1v) is 12.6. The highest BCUT2D eigenvalue weighted by molar-refractivity contribution is 6.30. The van der Waals surface area contributed by atoms with Crippen molar-refractivity contribution in [3.05, 3.63) is 52.1 Å². The topological polar surface area (TPSA) is 99.2 Å². The predicted molar refractivity (Wildman–Crippen MR) is 129 cm³/mol. The lowest BCUT2D eigenvalue weighted by Crippen LogP contribution is -2.35. The summed E-state index contributed by atoms with van der Waals surface area (Å²) in [5, 5.41) is 14.0. The van der Waals surface area contributed by atoms with Crippen molar-refractivity contribution in [2.45, 2.75) is 90.3 Å². The van der Waals surface area contributed by atoms with Crippen LogP contribution < -0.4 is 0 Å². The number of nitrogens with zero attached hydrogens (tertiary/aromatic N) is 6. The van der Waals surface area contributed by atoms with Gasteiger partial charge in [-0.1, -0.05) is 23.7 Å². The molecular formula is C25H31ClN6O3. The van der Waals surface area contributed by atoms with E-state index in [4.69, 9.17) is 20.9 Å². The minimum absolute atomic E-state index is 0.252. The maximum absolute atomic E-state index is 13.0. The van der Waals surface area contributed by atoms with Crippen molar-refractivity contribution in [3.8, 4) is 5.69 Å². The van der Waals surface area contributed by atoms with Crippen LogP contribution in [0.1, 0.15) is 94.1 Å². The van der Waals surface area contributed by atoms with Gasteiger partial charge in [0.15, 0.2) is 11.6 Å². The standard InChI is InChI=1S/C25H31ClN6O3/c1-5-21-27-22(30-35-21)15-6-8-16(9-7-15)23-29-28-20-14-31(24(33)34-25(2,3)4)13-17-12-18(26)10-11-19(17)32(20)23/h10-12,15-16H,5-9,13-14H2,1-4H3/t15-,16-. The lowest BCUT2D eigenvalue weighted by molar-refractivity contribution is 0.0214. The van der Waals surface area contributed by atoms with Crippen LogP contribution in [0.3, 0.4) is 0 Å². The van der Waals surface area contributed by atoms with E-state index in [1.165, 1.54) is 0 Å². The molecule has 2 aliphatic rings. The Bertz CT molecular complexity index is 1220. The Morgan fingerprint density at radius 2 is 1.89 bits per heavy atom. The Balaban J connectivity index is 1.42. The van der Waals surface area contributed by atoms with E-state index in [1.54, 1.807) is 4.90 Å². The van der Waals surface area contributed by atoms with Gasteiger partial charge in [0.25, 0.3) is 0 Å². The van der Waals surface area contributed by atoms with E-state index >= 15 is 0 Å². The molecule has 0 bridgehead atoms. The molecule has 3 heterocycles. The van der Waals surface area contributed by atoms with Gasteiger partial charge in [0.1, 0.15) is 11.4 Å². The summed E-state index contributed by atoms with van der Waals surface area (Å²) in [6.07, 6.45) is 4.21. The number of carbonyl (C=O) groups excluding carboxylic acids is 1. The van der Waals surface area contributed by atoms with E-state index in [2.05, 4.69) is 24.9 Å². The average molecular weight is 499 g/mol. The number of carbonyl (C=O) groups is 1. The summed E-state index contributed by atoms with van der Waals surface area (Å²) in [6.45, 7) is 8.30. The van der Waals surface area contributed by atoms with Gasteiger partial charge in [-0.2, -0.15) is 4.98 Å². The largest absolute Gasteiger partial charge is 0.444 e. The van der Waals surface area contributed by atoms with Crippen molar-refractivity contribution in [3.63, 3.8) is 0 Å². The number of ether oxygens (including phenoxy) is 1. The normalized spacial score (nSPS) is 20.2. The molecule has 35 heavy (non-hydrogen) atoms. The third-order valence-electron chi connectivity index (χ3n) is 6.63. The highest BCUT2D eigenvalue weighted by Gasteiger charge is 2.34. The van der Waals surface area contributed by atoms with Crippen LogP contribution in [0, 0.1) is 0 Å². The number of hydrogen-bond acceptors (Lipinski definition) is 7. The minimum Gasteiger partial charge on any atom is -0.444 e. The molecule has 1 aromatic carbocycles. The summed E-state index contributed by atoms with van der Waals surface area (Å²) in [5.74, 6) is 3.70. The summed E-state index contributed by atoms with van der Waals surface area (Å²) in [6, 6.07) is 5.77. The molecule has 0 radical (unpaired) electrons. The van der Waals surface area contributed by atoms with E-state index in [1.807, 2.05) is 45.9 Å². The molecule has 1 aliphatic heterocycles. The summed E-state index contributed by atoms with van der Waals surface area (Å²) in [4.78, 5) is 19.2. The lowest BCUT2D eigenvalue weighted by atomic mass is 9.81. The zero-order valence-electron chi connectivity index (χ0n) is 20.6. The molecule has 1 fully saturated rings. The molecule has 1 aliphatic carbocycles. The molecule has 1 amide bonds. The van der Waals surface area contributed by atoms with Gasteiger partial charge in [-0.3, -0.25) is 9.47 Å². The molecule has 5 rings (SSSR count). The number of aryl methyl sites for hydroxylation is 1. The van der Waals surface area contributed by atoms with Crippen molar-refractivity contribution in [1.29, 1.82) is 0 Å². The van der Waals surface area contributed by atoms with Crippen LogP contribution in [0.2, 0.25) is 5.02 Å². The predicted octanol–water partition coefficient (Wildman–Crippen LogP) is 5.56. The van der Waals surface area contributed by atoms with Crippen molar-refractivity contribution in [2.24, 2.45) is 0 Å². The summed E-state index contributed by atoms with van der Waals surface area (Å²) in [5.41, 5.74) is 1.31. The fraction of sp³-hybridized carbons (Fsp3) is 0.560. The van der Waals surface area contributed by atoms with Crippen LogP contribution in [0.4, 0.5) is 4.79 Å². The quantitative estimate of drug-likeness (QED) is 0.466. The van der Waals surface area contributed by atoms with Gasteiger partial charge in [0.2, 0.25) is 5.89 Å². The van der Waals surface area contributed by atoms with E-state index in [0.717, 1.165) is 60.8 Å². The second kappa shape index (κ2) is 9.26. The van der Waals surface area contributed by atoms with E-state index < -0.39 is 5.60 Å². The van der Waals surface area contributed by atoms with Gasteiger partial charge in [-0.05, 0) is 70.2 Å². The highest BCUT2D eigenvalue weighted by atomic mass is 35.5. The molecule has 1 saturated carbocycles. The smallest absolute Gasteiger partial charge is 0.411 e. The van der Waals surface area contributed by atoms with Gasteiger partial charge in [-0.15, -0.1) is 10.2 Å². The lowest BCUT2D eigenvalue weighted by Gasteiger charge is -2.26. The molecule has 0 unspecified atom stereocenters. The number of aromatic nitrogens is 5. The number of fused-ring (bicyclic) bond motifs is 3. The molecule has 0 atom stereocenters. The molecule has 3 aromatic rings. The molecule has 10 heteroatoms. The Morgan fingerprint density at radius 1 is 1.14 bits per heavy atom. The van der Waals surface area contributed by atoms with Crippen molar-refractivity contribution >= 4 is 17.7 Å². The first-order valence-electron chi connectivity index (χ1n) is 12.2. The molecule has 2 aromatic heterocycles. The number of hydrogen-bond donors (Lipinski definition) is 0. The van der Waals surface area contributed by atoms with Gasteiger partial charge in [0, 0.05) is 23.3 Å². The van der Waals surface area contributed by atoms with Crippen LogP contribution in [0.15, 0.2) is 22.7 Å². The number of halogens is 1. The third kappa shape index (κ3) is 4.91. The molecule has 186 valence electrons. The Kier molecular flexibility index (Phi) is 6.29. The minimum atomic E-state index is -0.589. The fourth-order valence-electron chi connectivity index (χ4n) is 4.93. The fourth-order valence-corrected chi connectivity index (χ4v) is 5.13. The monoisotopic (exact) mass is 498 g/mol. The zero-order valence-corrected chi connectivity index (χ0v) is 21.4. The SMILES string of the molecule is CCc1nc([C@H]2CC[C@H](c3nnc4n3-c3ccc(Cl)cc3CN(C(=O)OC(C)(C)C)C4)CC2)no1. The summed E-state index contributed by atoms with van der Waals surface area (Å²) in [7, 11) is 0. The van der Waals surface area contributed by atoms with E-state index in [9.17, 15) is 4.79 Å². The first kappa shape index (κ1) is 23.8. The van der Waals surface area contributed by atoms with Crippen LogP contribution in [0.25, 0.3) is 5.69 Å². The second-order valence-electron chi connectivity index (χ2n) is 10.4. The molecule has 0 spiro atoms. The van der Waals surface area contributed by atoms with Gasteiger partial charge in [0.05, 0.1) is 18.8 Å². The molecule has 0 N–H and O–H groups in total. The highest BCUT2D eigenvalue weighted by Crippen LogP contribution is 2.41. The first-order chi connectivity index (χ1) is 16.7. The summed E-state index contributed by atoms with van der Waals surface area (Å²) >= 11 is 6.34. The zero-order chi connectivity index (χ0) is 24.7. The van der Waals surface area contributed by atoms with Crippen LogP contribution >= 0.6 is 11.6 Å². The second-order valence-corrected chi connectivity index (χ2v) is 10.8. The van der Waals surface area contributed by atoms with Crippen LogP contribution in [-0.2, 0) is 24.2 Å². The van der Waals surface area contributed by atoms with E-state index in [-0.39, 0.29) is 12.0 Å². The summed E-state index contributed by atoms with van der Waals surface area (Å²) < 4.78 is 13.1. The van der Waals surface area contributed by atoms with Crippen LogP contribution in [-0.4, -0.2) is 41.5 Å². The van der Waals surface area contributed by atoms with Crippen LogP contribution in [0.5, 0.6) is 0 Å². The van der Waals surface area contributed by atoms with Gasteiger partial charge < -0.3 is 9.26 Å². The van der Waals surface area contributed by atoms with Crippen molar-refractivity contribution in [1.82, 2.24) is 29.8 Å². The molecule has 0 saturated heterocycles. The number of benzene rings is 1. The maximum Gasteiger partial charge on any atom is 0.411 e. The maximum atomic E-state index is 13.0. The average Bonchev–Trinajstić information content (AvgIpc) is 3.42. The van der Waals surface area contributed by atoms with Crippen molar-refractivity contribution < 1.29 is 14.1 Å². The number of rotatable bonds is 3. The van der Waals surface area contributed by atoms with Gasteiger partial charge in [-0.25, -0.2) is 4.79 Å². The molecular weight excluding hydrogens is 468 g/mol. The number of amides is 1. The third-order valence-corrected chi connectivity index (χ3v) is 6.86. The Morgan fingerprint density at radius 3 is 2.57 bits per heavy atom. The van der Waals surface area contributed by atoms with Crippen molar-refractivity contribution in [2.75, 3.05) is 0 Å². The van der Waals surface area contributed by atoms with E-state index in [0.29, 0.717) is 29.9 Å². The Labute approximate surface area is 209 Å². The molecule has 9 nitrogen and oxygen atoms in total.